The summed E-state index contributed by atoms with van der Waals surface area (Å²) < 4.78 is 27.2. The first-order valence-electron chi connectivity index (χ1n) is 9.63. The largest absolute Gasteiger partial charge is 0.369 e. The van der Waals surface area contributed by atoms with Crippen LogP contribution in [0, 0.1) is 18.6 Å². The summed E-state index contributed by atoms with van der Waals surface area (Å²) in [5.41, 5.74) is 1.79. The maximum Gasteiger partial charge on any atom is 0.261 e. The maximum absolute atomic E-state index is 13.8. The van der Waals surface area contributed by atoms with Crippen LogP contribution in [-0.2, 0) is 13.0 Å². The minimum Gasteiger partial charge on any atom is -0.369 e. The molecule has 6 nitrogen and oxygen atoms in total. The second-order valence-electron chi connectivity index (χ2n) is 6.85. The lowest BCUT2D eigenvalue weighted by Crippen LogP contribution is -2.23. The summed E-state index contributed by atoms with van der Waals surface area (Å²) in [5.74, 6) is -1.63. The Kier molecular flexibility index (Phi) is 6.13. The Morgan fingerprint density at radius 1 is 1.10 bits per heavy atom. The first-order valence-corrected chi connectivity index (χ1v) is 10.4. The van der Waals surface area contributed by atoms with Gasteiger partial charge < -0.3 is 10.6 Å². The molecule has 0 spiro atoms. The number of rotatable bonds is 7. The third-order valence-electron chi connectivity index (χ3n) is 4.80. The van der Waals surface area contributed by atoms with Crippen LogP contribution in [0.2, 0.25) is 0 Å². The van der Waals surface area contributed by atoms with E-state index in [4.69, 9.17) is 0 Å². The summed E-state index contributed by atoms with van der Waals surface area (Å²) in [5, 5.41) is 6.72. The number of amides is 1. The summed E-state index contributed by atoms with van der Waals surface area (Å²) in [6, 6.07) is 9.65. The molecule has 1 aromatic carbocycles. The van der Waals surface area contributed by atoms with Crippen molar-refractivity contribution in [1.82, 2.24) is 20.3 Å². The zero-order valence-corrected chi connectivity index (χ0v) is 17.5. The zero-order chi connectivity index (χ0) is 21.8. The van der Waals surface area contributed by atoms with Crippen LogP contribution in [0.3, 0.4) is 0 Å². The zero-order valence-electron chi connectivity index (χ0n) is 16.7. The average molecular weight is 439 g/mol. The van der Waals surface area contributed by atoms with Gasteiger partial charge in [0.05, 0.1) is 10.3 Å². The van der Waals surface area contributed by atoms with E-state index in [0.29, 0.717) is 22.1 Å². The minimum absolute atomic E-state index is 0.0868. The number of aryl methyl sites for hydroxylation is 1. The van der Waals surface area contributed by atoms with Crippen molar-refractivity contribution >= 4 is 33.3 Å². The Morgan fingerprint density at radius 3 is 2.77 bits per heavy atom. The van der Waals surface area contributed by atoms with Crippen LogP contribution in [0.4, 0.5) is 14.6 Å². The number of carbonyl (C=O) groups is 1. The van der Waals surface area contributed by atoms with Crippen LogP contribution in [0.5, 0.6) is 0 Å². The summed E-state index contributed by atoms with van der Waals surface area (Å²) in [4.78, 5) is 26.8. The number of halogens is 2. The van der Waals surface area contributed by atoms with Crippen LogP contribution < -0.4 is 10.6 Å². The van der Waals surface area contributed by atoms with Gasteiger partial charge in [0.1, 0.15) is 17.0 Å². The third kappa shape index (κ3) is 4.51. The van der Waals surface area contributed by atoms with Gasteiger partial charge in [-0.05, 0) is 30.7 Å². The molecule has 0 fully saturated rings. The van der Waals surface area contributed by atoms with E-state index in [-0.39, 0.29) is 18.0 Å². The molecule has 0 aliphatic rings. The average Bonchev–Trinajstić information content (AvgIpc) is 3.13. The van der Waals surface area contributed by atoms with Crippen molar-refractivity contribution in [2.45, 2.75) is 19.9 Å². The molecular formula is C22H19F2N5OS. The Labute approximate surface area is 181 Å². The van der Waals surface area contributed by atoms with Crippen LogP contribution >= 0.6 is 11.3 Å². The van der Waals surface area contributed by atoms with Crippen molar-refractivity contribution < 1.29 is 13.6 Å². The molecule has 3 aromatic heterocycles. The predicted octanol–water partition coefficient (Wildman–Crippen LogP) is 4.26. The van der Waals surface area contributed by atoms with Crippen LogP contribution in [0.25, 0.3) is 10.2 Å². The second kappa shape index (κ2) is 9.13. The van der Waals surface area contributed by atoms with Gasteiger partial charge in [0.2, 0.25) is 0 Å². The number of nitrogens with zero attached hydrogens (tertiary/aromatic N) is 3. The maximum atomic E-state index is 13.8. The minimum atomic E-state index is -0.957. The molecule has 9 heteroatoms. The fourth-order valence-electron chi connectivity index (χ4n) is 3.22. The summed E-state index contributed by atoms with van der Waals surface area (Å²) >= 11 is 1.24. The van der Waals surface area contributed by atoms with Gasteiger partial charge in [0, 0.05) is 37.0 Å². The SMILES string of the molecule is Cc1c(C(=O)NCc2cccc(F)c2F)sc2ncnc(NCCc3ccccn3)c12. The summed E-state index contributed by atoms with van der Waals surface area (Å²) in [6.07, 6.45) is 3.93. The summed E-state index contributed by atoms with van der Waals surface area (Å²) in [6.45, 7) is 2.33. The first kappa shape index (κ1) is 20.8. The molecule has 2 N–H and O–H groups in total. The van der Waals surface area contributed by atoms with E-state index < -0.39 is 11.6 Å². The number of anilines is 1. The van der Waals surface area contributed by atoms with Gasteiger partial charge in [-0.15, -0.1) is 11.3 Å². The van der Waals surface area contributed by atoms with Crippen LogP contribution in [0.15, 0.2) is 48.9 Å². The third-order valence-corrected chi connectivity index (χ3v) is 6.00. The Morgan fingerprint density at radius 2 is 1.97 bits per heavy atom. The van der Waals surface area contributed by atoms with E-state index in [1.807, 2.05) is 25.1 Å². The number of aromatic nitrogens is 3. The van der Waals surface area contributed by atoms with Gasteiger partial charge in [-0.25, -0.2) is 18.7 Å². The molecule has 1 amide bonds. The van der Waals surface area contributed by atoms with Crippen molar-refractivity contribution in [3.63, 3.8) is 0 Å². The molecule has 0 aliphatic heterocycles. The fraction of sp³-hybridized carbons (Fsp3) is 0.182. The van der Waals surface area contributed by atoms with Crippen molar-refractivity contribution in [3.8, 4) is 0 Å². The number of carbonyl (C=O) groups excluding carboxylic acids is 1. The van der Waals surface area contributed by atoms with Gasteiger partial charge in [0.15, 0.2) is 11.6 Å². The van der Waals surface area contributed by atoms with Crippen LogP contribution in [0.1, 0.15) is 26.5 Å². The quantitative estimate of drug-likeness (QED) is 0.450. The van der Waals surface area contributed by atoms with Gasteiger partial charge in [-0.2, -0.15) is 0 Å². The van der Waals surface area contributed by atoms with Gasteiger partial charge in [-0.1, -0.05) is 18.2 Å². The number of thiophene rings is 1. The van der Waals surface area contributed by atoms with E-state index in [2.05, 4.69) is 25.6 Å². The lowest BCUT2D eigenvalue weighted by atomic mass is 10.1. The molecule has 0 saturated heterocycles. The van der Waals surface area contributed by atoms with E-state index in [1.165, 1.54) is 29.8 Å². The molecule has 3 heterocycles. The standard InChI is InChI=1S/C22H19F2N5OS/c1-13-17-20(26-10-8-15-6-2-3-9-25-15)28-12-29-22(17)31-19(13)21(30)27-11-14-5-4-7-16(23)18(14)24/h2-7,9,12H,8,10-11H2,1H3,(H,27,30)(H,26,28,29). The topological polar surface area (TPSA) is 79.8 Å². The van der Waals surface area contributed by atoms with Crippen molar-refractivity contribution in [2.24, 2.45) is 0 Å². The molecule has 0 saturated carbocycles. The number of benzene rings is 1. The van der Waals surface area contributed by atoms with Gasteiger partial charge in [0.25, 0.3) is 5.91 Å². The first-order chi connectivity index (χ1) is 15.0. The fourth-order valence-corrected chi connectivity index (χ4v) is 4.28. The number of pyridine rings is 1. The molecule has 0 atom stereocenters. The molecule has 0 aliphatic carbocycles. The van der Waals surface area contributed by atoms with Crippen molar-refractivity contribution in [3.05, 3.63) is 82.3 Å². The Hall–Kier alpha value is -3.46. The van der Waals surface area contributed by atoms with Gasteiger partial charge >= 0.3 is 0 Å². The number of hydrogen-bond donors (Lipinski definition) is 2. The monoisotopic (exact) mass is 439 g/mol. The molecular weight excluding hydrogens is 420 g/mol. The molecule has 0 radical (unpaired) electrons. The van der Waals surface area contributed by atoms with Crippen LogP contribution in [-0.4, -0.2) is 27.4 Å². The second-order valence-corrected chi connectivity index (χ2v) is 7.85. The number of hydrogen-bond acceptors (Lipinski definition) is 6. The van der Waals surface area contributed by atoms with Crippen molar-refractivity contribution in [2.75, 3.05) is 11.9 Å². The van der Waals surface area contributed by atoms with E-state index >= 15 is 0 Å². The molecule has 4 aromatic rings. The molecule has 0 unspecified atom stereocenters. The smallest absolute Gasteiger partial charge is 0.261 e. The van der Waals surface area contributed by atoms with Crippen molar-refractivity contribution in [1.29, 1.82) is 0 Å². The highest BCUT2D eigenvalue weighted by atomic mass is 32.1. The van der Waals surface area contributed by atoms with E-state index in [9.17, 15) is 13.6 Å². The summed E-state index contributed by atoms with van der Waals surface area (Å²) in [7, 11) is 0. The highest BCUT2D eigenvalue weighted by molar-refractivity contribution is 7.20. The molecule has 31 heavy (non-hydrogen) atoms. The Balaban J connectivity index is 1.50. The number of nitrogens with one attached hydrogen (secondary N) is 2. The molecule has 4 rings (SSSR count). The highest BCUT2D eigenvalue weighted by Gasteiger charge is 2.19. The number of fused-ring (bicyclic) bond motifs is 1. The highest BCUT2D eigenvalue weighted by Crippen LogP contribution is 2.33. The lowest BCUT2D eigenvalue weighted by molar-refractivity contribution is 0.0954. The Bertz CT molecular complexity index is 1230. The predicted molar refractivity (Wildman–Crippen MR) is 116 cm³/mol. The van der Waals surface area contributed by atoms with Gasteiger partial charge in [-0.3, -0.25) is 9.78 Å². The van der Waals surface area contributed by atoms with E-state index in [0.717, 1.165) is 29.1 Å². The molecule has 158 valence electrons. The normalized spacial score (nSPS) is 10.9. The van der Waals surface area contributed by atoms with E-state index in [1.54, 1.807) is 6.20 Å². The molecule has 0 bridgehead atoms. The lowest BCUT2D eigenvalue weighted by Gasteiger charge is -2.08.